The number of rotatable bonds is 9. The number of amides is 1. The van der Waals surface area contributed by atoms with Gasteiger partial charge >= 0.3 is 5.97 Å². The number of methoxy groups -OCH3 is 1. The predicted octanol–water partition coefficient (Wildman–Crippen LogP) is 6.36. The first-order valence-corrected chi connectivity index (χ1v) is 12.7. The van der Waals surface area contributed by atoms with Crippen molar-refractivity contribution in [3.8, 4) is 17.6 Å². The summed E-state index contributed by atoms with van der Waals surface area (Å²) in [5.41, 5.74) is 2.33. The lowest BCUT2D eigenvalue weighted by Gasteiger charge is -2.14. The first-order chi connectivity index (χ1) is 17.3. The van der Waals surface area contributed by atoms with Gasteiger partial charge in [0, 0.05) is 10.2 Å². The molecule has 1 amide bonds. The Kier molecular flexibility index (Phi) is 9.90. The number of halogens is 2. The molecule has 0 aliphatic heterocycles. The highest BCUT2D eigenvalue weighted by atomic mass is 127. The molecule has 0 heterocycles. The molecular weight excluding hydrogens is 639 g/mol. The predicted molar refractivity (Wildman–Crippen MR) is 149 cm³/mol. The van der Waals surface area contributed by atoms with Gasteiger partial charge in [0.05, 0.1) is 22.9 Å². The molecule has 0 saturated heterocycles. The molecule has 3 aromatic carbocycles. The normalized spacial score (nSPS) is 10.8. The van der Waals surface area contributed by atoms with Gasteiger partial charge in [-0.2, -0.15) is 5.26 Å². The van der Waals surface area contributed by atoms with Crippen molar-refractivity contribution in [1.29, 1.82) is 5.26 Å². The summed E-state index contributed by atoms with van der Waals surface area (Å²) in [4.78, 5) is 24.5. The fraction of sp³-hybridized carbons (Fsp3) is 0.148. The van der Waals surface area contributed by atoms with E-state index in [1.807, 2.05) is 30.3 Å². The van der Waals surface area contributed by atoms with Crippen molar-refractivity contribution in [3.63, 3.8) is 0 Å². The summed E-state index contributed by atoms with van der Waals surface area (Å²) in [5.74, 6) is 0.0343. The molecule has 0 spiro atoms. The molecule has 9 heteroatoms. The number of esters is 1. The van der Waals surface area contributed by atoms with Gasteiger partial charge in [-0.1, -0.05) is 28.1 Å². The molecule has 0 aliphatic carbocycles. The highest BCUT2D eigenvalue weighted by Gasteiger charge is 2.15. The zero-order chi connectivity index (χ0) is 26.1. The van der Waals surface area contributed by atoms with E-state index in [9.17, 15) is 14.9 Å². The Bertz CT molecular complexity index is 1320. The Morgan fingerprint density at radius 2 is 1.81 bits per heavy atom. The highest BCUT2D eigenvalue weighted by Crippen LogP contribution is 2.35. The number of carbonyl (C=O) groups excluding carboxylic acids is 2. The zero-order valence-electron chi connectivity index (χ0n) is 19.5. The summed E-state index contributed by atoms with van der Waals surface area (Å²) < 4.78 is 18.2. The van der Waals surface area contributed by atoms with E-state index in [4.69, 9.17) is 14.2 Å². The summed E-state index contributed by atoms with van der Waals surface area (Å²) >= 11 is 5.54. The van der Waals surface area contributed by atoms with Gasteiger partial charge in [0.1, 0.15) is 18.2 Å². The van der Waals surface area contributed by atoms with Crippen molar-refractivity contribution in [1.82, 2.24) is 0 Å². The summed E-state index contributed by atoms with van der Waals surface area (Å²) in [6.45, 7) is 2.36. The van der Waals surface area contributed by atoms with Gasteiger partial charge in [0.2, 0.25) is 0 Å². The van der Waals surface area contributed by atoms with Crippen molar-refractivity contribution >= 4 is 62.2 Å². The number of anilines is 1. The fourth-order valence-corrected chi connectivity index (χ4v) is 4.16. The van der Waals surface area contributed by atoms with Gasteiger partial charge in [-0.25, -0.2) is 4.79 Å². The standard InChI is InChI=1S/C27H22BrIN2O5/c1-3-35-27(33)19-6-10-22(11-7-19)31-26(32)20(15-30)12-18-13-23(29)25(24(14-18)34-2)36-16-17-4-8-21(28)9-5-17/h4-14H,3,16H2,1-2H3,(H,31,32)/b20-12+. The van der Waals surface area contributed by atoms with E-state index in [-0.39, 0.29) is 12.2 Å². The molecule has 3 aromatic rings. The minimum atomic E-state index is -0.578. The molecule has 184 valence electrons. The van der Waals surface area contributed by atoms with Crippen molar-refractivity contribution < 1.29 is 23.8 Å². The van der Waals surface area contributed by atoms with Crippen molar-refractivity contribution in [3.05, 3.63) is 91.0 Å². The van der Waals surface area contributed by atoms with Crippen LogP contribution in [0.2, 0.25) is 0 Å². The minimum Gasteiger partial charge on any atom is -0.493 e. The van der Waals surface area contributed by atoms with Crippen LogP contribution in [0.3, 0.4) is 0 Å². The molecule has 7 nitrogen and oxygen atoms in total. The molecule has 0 radical (unpaired) electrons. The Morgan fingerprint density at radius 3 is 2.42 bits per heavy atom. The Morgan fingerprint density at radius 1 is 1.11 bits per heavy atom. The number of nitrogens with zero attached hydrogens (tertiary/aromatic N) is 1. The summed E-state index contributed by atoms with van der Waals surface area (Å²) in [6.07, 6.45) is 1.48. The largest absolute Gasteiger partial charge is 0.493 e. The van der Waals surface area contributed by atoms with Crippen LogP contribution in [0.15, 0.2) is 70.7 Å². The Hall–Kier alpha value is -3.36. The molecule has 1 N–H and O–H groups in total. The number of nitriles is 1. The van der Waals surface area contributed by atoms with E-state index in [0.29, 0.717) is 34.9 Å². The van der Waals surface area contributed by atoms with E-state index in [1.165, 1.54) is 13.2 Å². The number of ether oxygens (including phenoxy) is 3. The van der Waals surface area contributed by atoms with Crippen LogP contribution in [0.4, 0.5) is 5.69 Å². The van der Waals surface area contributed by atoms with E-state index in [2.05, 4.69) is 43.8 Å². The average Bonchev–Trinajstić information content (AvgIpc) is 2.87. The van der Waals surface area contributed by atoms with Gasteiger partial charge in [0.15, 0.2) is 11.5 Å². The summed E-state index contributed by atoms with van der Waals surface area (Å²) in [7, 11) is 1.53. The molecule has 0 atom stereocenters. The second-order valence-electron chi connectivity index (χ2n) is 7.37. The van der Waals surface area contributed by atoms with Crippen LogP contribution < -0.4 is 14.8 Å². The van der Waals surface area contributed by atoms with Crippen LogP contribution >= 0.6 is 38.5 Å². The number of carbonyl (C=O) groups is 2. The SMILES string of the molecule is CCOC(=O)c1ccc(NC(=O)/C(C#N)=C/c2cc(I)c(OCc3ccc(Br)cc3)c(OC)c2)cc1. The quantitative estimate of drug-likeness (QED) is 0.124. The zero-order valence-corrected chi connectivity index (χ0v) is 23.3. The maximum absolute atomic E-state index is 12.7. The molecule has 0 bridgehead atoms. The molecule has 3 rings (SSSR count). The lowest BCUT2D eigenvalue weighted by molar-refractivity contribution is -0.112. The van der Waals surface area contributed by atoms with Gasteiger partial charge in [-0.3, -0.25) is 4.79 Å². The second kappa shape index (κ2) is 13.1. The lowest BCUT2D eigenvalue weighted by atomic mass is 10.1. The van der Waals surface area contributed by atoms with Crippen LogP contribution in [0.1, 0.15) is 28.4 Å². The molecule has 0 fully saturated rings. The van der Waals surface area contributed by atoms with E-state index in [0.717, 1.165) is 13.6 Å². The molecule has 0 saturated carbocycles. The van der Waals surface area contributed by atoms with Crippen LogP contribution in [0.25, 0.3) is 6.08 Å². The first-order valence-electron chi connectivity index (χ1n) is 10.8. The van der Waals surface area contributed by atoms with E-state index in [1.54, 1.807) is 43.3 Å². The van der Waals surface area contributed by atoms with Crippen molar-refractivity contribution in [2.24, 2.45) is 0 Å². The Labute approximate surface area is 231 Å². The average molecular weight is 661 g/mol. The maximum atomic E-state index is 12.7. The van der Waals surface area contributed by atoms with Gasteiger partial charge in [-0.15, -0.1) is 0 Å². The summed E-state index contributed by atoms with van der Waals surface area (Å²) in [6, 6.07) is 19.5. The van der Waals surface area contributed by atoms with E-state index >= 15 is 0 Å². The molecule has 0 aliphatic rings. The van der Waals surface area contributed by atoms with Gasteiger partial charge < -0.3 is 19.5 Å². The molecular formula is C27H22BrIN2O5. The number of nitrogens with one attached hydrogen (secondary N) is 1. The van der Waals surface area contributed by atoms with Crippen LogP contribution in [0.5, 0.6) is 11.5 Å². The Balaban J connectivity index is 1.75. The minimum absolute atomic E-state index is 0.0918. The van der Waals surface area contributed by atoms with E-state index < -0.39 is 11.9 Å². The van der Waals surface area contributed by atoms with Crippen LogP contribution in [-0.2, 0) is 16.1 Å². The number of hydrogen-bond donors (Lipinski definition) is 1. The third kappa shape index (κ3) is 7.32. The third-order valence-electron chi connectivity index (χ3n) is 4.88. The van der Waals surface area contributed by atoms with Gasteiger partial charge in [-0.05, 0) is 95.2 Å². The molecule has 0 aromatic heterocycles. The molecule has 36 heavy (non-hydrogen) atoms. The fourth-order valence-electron chi connectivity index (χ4n) is 3.12. The monoisotopic (exact) mass is 660 g/mol. The number of benzene rings is 3. The van der Waals surface area contributed by atoms with Gasteiger partial charge in [0.25, 0.3) is 5.91 Å². The lowest BCUT2D eigenvalue weighted by Crippen LogP contribution is -2.13. The maximum Gasteiger partial charge on any atom is 0.338 e. The highest BCUT2D eigenvalue weighted by molar-refractivity contribution is 14.1. The number of hydrogen-bond acceptors (Lipinski definition) is 6. The first kappa shape index (κ1) is 27.2. The smallest absolute Gasteiger partial charge is 0.338 e. The summed E-state index contributed by atoms with van der Waals surface area (Å²) in [5, 5.41) is 12.3. The van der Waals surface area contributed by atoms with Crippen LogP contribution in [-0.4, -0.2) is 25.6 Å². The third-order valence-corrected chi connectivity index (χ3v) is 6.21. The second-order valence-corrected chi connectivity index (χ2v) is 9.45. The topological polar surface area (TPSA) is 97.7 Å². The van der Waals surface area contributed by atoms with Crippen LogP contribution in [0, 0.1) is 14.9 Å². The van der Waals surface area contributed by atoms with Crippen molar-refractivity contribution in [2.45, 2.75) is 13.5 Å². The molecule has 0 unspecified atom stereocenters. The van der Waals surface area contributed by atoms with Crippen molar-refractivity contribution in [2.75, 3.05) is 19.0 Å².